The summed E-state index contributed by atoms with van der Waals surface area (Å²) in [6.07, 6.45) is 0.593. The van der Waals surface area contributed by atoms with Crippen LogP contribution in [-0.2, 0) is 14.6 Å². The van der Waals surface area contributed by atoms with Gasteiger partial charge in [0.05, 0.1) is 18.1 Å². The first-order valence-corrected chi connectivity index (χ1v) is 11.0. The minimum Gasteiger partial charge on any atom is -0.351 e. The molecular weight excluding hydrogens is 354 g/mol. The number of nitrogens with one attached hydrogen (secondary N) is 2. The summed E-state index contributed by atoms with van der Waals surface area (Å²) in [7, 11) is -2.98. The molecule has 8 heteroatoms. The predicted molar refractivity (Wildman–Crippen MR) is 100 cm³/mol. The molecule has 2 rings (SSSR count). The average molecular weight is 385 g/mol. The predicted octanol–water partition coefficient (Wildman–Crippen LogP) is -0.312. The minimum absolute atomic E-state index is 0.00801. The van der Waals surface area contributed by atoms with Gasteiger partial charge in [-0.25, -0.2) is 8.42 Å². The highest BCUT2D eigenvalue weighted by Crippen LogP contribution is 2.29. The second-order valence-electron chi connectivity index (χ2n) is 7.05. The van der Waals surface area contributed by atoms with E-state index in [9.17, 15) is 18.0 Å². The highest BCUT2D eigenvalue weighted by atomic mass is 32.2. The highest BCUT2D eigenvalue weighted by molar-refractivity contribution is 7.91. The van der Waals surface area contributed by atoms with Crippen LogP contribution in [0.15, 0.2) is 6.07 Å². The molecule has 1 aromatic rings. The van der Waals surface area contributed by atoms with Crippen molar-refractivity contribution < 1.29 is 22.9 Å². The lowest BCUT2D eigenvalue weighted by molar-refractivity contribution is -0.881. The first-order valence-electron chi connectivity index (χ1n) is 9.20. The fraction of sp³-hybridized carbons (Fsp3) is 0.667. The topological polar surface area (TPSA) is 89.7 Å². The zero-order valence-corrected chi connectivity index (χ0v) is 16.9. The van der Waals surface area contributed by atoms with Gasteiger partial charge in [-0.2, -0.15) is 0 Å². The number of aryl methyl sites for hydroxylation is 1. The van der Waals surface area contributed by atoms with E-state index in [0.717, 1.165) is 16.3 Å². The van der Waals surface area contributed by atoms with E-state index in [0.29, 0.717) is 25.1 Å². The van der Waals surface area contributed by atoms with Crippen LogP contribution in [-0.4, -0.2) is 62.4 Å². The molecule has 26 heavy (non-hydrogen) atoms. The Morgan fingerprint density at radius 3 is 2.50 bits per heavy atom. The number of ketones is 1. The number of hydrogen-bond donors (Lipinski definition) is 2. The number of sulfone groups is 1. The summed E-state index contributed by atoms with van der Waals surface area (Å²) in [5.74, 6) is 0.281. The van der Waals surface area contributed by atoms with E-state index in [-0.39, 0.29) is 42.3 Å². The zero-order chi connectivity index (χ0) is 19.5. The van der Waals surface area contributed by atoms with Crippen molar-refractivity contribution in [3.8, 4) is 0 Å². The summed E-state index contributed by atoms with van der Waals surface area (Å²) in [4.78, 5) is 25.5. The van der Waals surface area contributed by atoms with Crippen molar-refractivity contribution in [2.75, 3.05) is 37.7 Å². The molecule has 1 amide bonds. The molecule has 0 bridgehead atoms. The van der Waals surface area contributed by atoms with Gasteiger partial charge in [0.1, 0.15) is 6.54 Å². The molecule has 0 saturated carbocycles. The van der Waals surface area contributed by atoms with Crippen LogP contribution >= 0.6 is 0 Å². The van der Waals surface area contributed by atoms with Gasteiger partial charge in [0.25, 0.3) is 5.91 Å². The molecule has 0 aliphatic carbocycles. The van der Waals surface area contributed by atoms with E-state index >= 15 is 0 Å². The maximum absolute atomic E-state index is 12.8. The van der Waals surface area contributed by atoms with Crippen molar-refractivity contribution in [1.29, 1.82) is 0 Å². The Balaban J connectivity index is 2.14. The zero-order valence-electron chi connectivity index (χ0n) is 16.1. The molecule has 1 aliphatic heterocycles. The van der Waals surface area contributed by atoms with Crippen molar-refractivity contribution in [1.82, 2.24) is 9.88 Å². The quantitative estimate of drug-likeness (QED) is 0.602. The largest absolute Gasteiger partial charge is 0.351 e. The van der Waals surface area contributed by atoms with Crippen LogP contribution in [0.2, 0.25) is 0 Å². The average Bonchev–Trinajstić information content (AvgIpc) is 3.05. The molecular formula is C18H30N3O4S+. The number of nitrogens with zero attached hydrogens (tertiary/aromatic N) is 1. The summed E-state index contributed by atoms with van der Waals surface area (Å²) in [5, 5.41) is 2.76. The monoisotopic (exact) mass is 384 g/mol. The van der Waals surface area contributed by atoms with E-state index in [2.05, 4.69) is 5.32 Å². The van der Waals surface area contributed by atoms with E-state index < -0.39 is 9.84 Å². The number of Topliss-reactive ketones (excluding diaryl/α,β-unsaturated/α-hetero) is 1. The normalized spacial score (nSPS) is 20.1. The van der Waals surface area contributed by atoms with Gasteiger partial charge in [0, 0.05) is 29.5 Å². The Hall–Kier alpha value is -1.67. The molecule has 1 unspecified atom stereocenters. The summed E-state index contributed by atoms with van der Waals surface area (Å²) in [5.41, 5.74) is 2.37. The molecule has 1 aromatic heterocycles. The van der Waals surface area contributed by atoms with Gasteiger partial charge in [0.15, 0.2) is 16.4 Å². The molecule has 1 aliphatic rings. The molecule has 1 fully saturated rings. The lowest BCUT2D eigenvalue weighted by Gasteiger charge is -2.17. The Bertz CT molecular complexity index is 783. The van der Waals surface area contributed by atoms with Crippen LogP contribution in [0.5, 0.6) is 0 Å². The molecule has 146 valence electrons. The van der Waals surface area contributed by atoms with Crippen LogP contribution in [0.3, 0.4) is 0 Å². The summed E-state index contributed by atoms with van der Waals surface area (Å²) in [6.45, 7) is 9.39. The number of rotatable bonds is 8. The van der Waals surface area contributed by atoms with Gasteiger partial charge in [0.2, 0.25) is 5.78 Å². The van der Waals surface area contributed by atoms with Gasteiger partial charge in [-0.05, 0) is 40.2 Å². The van der Waals surface area contributed by atoms with E-state index in [1.807, 2.05) is 38.3 Å². The summed E-state index contributed by atoms with van der Waals surface area (Å²) >= 11 is 0. The number of hydrogen-bond acceptors (Lipinski definition) is 4. The summed E-state index contributed by atoms with van der Waals surface area (Å²) in [6, 6.07) is 1.76. The number of amides is 1. The van der Waals surface area contributed by atoms with Gasteiger partial charge in [-0.15, -0.1) is 0 Å². The van der Waals surface area contributed by atoms with Crippen molar-refractivity contribution in [2.24, 2.45) is 0 Å². The number of aromatic nitrogens is 1. The lowest BCUT2D eigenvalue weighted by atomic mass is 10.1. The molecule has 0 radical (unpaired) electrons. The molecule has 7 nitrogen and oxygen atoms in total. The fourth-order valence-corrected chi connectivity index (χ4v) is 5.42. The Labute approximate surface area is 155 Å². The van der Waals surface area contributed by atoms with Gasteiger partial charge < -0.3 is 14.8 Å². The van der Waals surface area contributed by atoms with Crippen LogP contribution < -0.4 is 10.2 Å². The maximum Gasteiger partial charge on any atom is 0.275 e. The second kappa shape index (κ2) is 8.35. The third kappa shape index (κ3) is 4.73. The first kappa shape index (κ1) is 20.6. The van der Waals surface area contributed by atoms with Gasteiger partial charge in [-0.3, -0.25) is 9.59 Å². The van der Waals surface area contributed by atoms with Crippen molar-refractivity contribution in [2.45, 2.75) is 40.2 Å². The Kier molecular flexibility index (Phi) is 6.63. The third-order valence-electron chi connectivity index (χ3n) is 5.05. The maximum atomic E-state index is 12.8. The van der Waals surface area contributed by atoms with Gasteiger partial charge in [-0.1, -0.05) is 0 Å². The smallest absolute Gasteiger partial charge is 0.275 e. The molecule has 0 spiro atoms. The number of likely N-dealkylation sites (N-methyl/N-ethyl adjacent to an activating group) is 2. The van der Waals surface area contributed by atoms with Crippen LogP contribution in [0.1, 0.15) is 48.1 Å². The van der Waals surface area contributed by atoms with Crippen LogP contribution in [0, 0.1) is 13.8 Å². The minimum atomic E-state index is -2.98. The molecule has 2 atom stereocenters. The van der Waals surface area contributed by atoms with Crippen molar-refractivity contribution in [3.05, 3.63) is 23.0 Å². The van der Waals surface area contributed by atoms with E-state index in [1.54, 1.807) is 0 Å². The lowest BCUT2D eigenvalue weighted by Crippen LogP contribution is -3.13. The standard InChI is InChI=1S/C18H29N3O4S/c1-5-19-18(23)11-20(6-2)10-17(22)16-9-13(3)21(14(16)4)15-7-8-26(24,25)12-15/h9,15H,5-8,10-12H2,1-4H3,(H,19,23)/p+1/t15-/m1/s1. The third-order valence-corrected chi connectivity index (χ3v) is 6.80. The molecule has 1 saturated heterocycles. The Morgan fingerprint density at radius 1 is 1.27 bits per heavy atom. The highest BCUT2D eigenvalue weighted by Gasteiger charge is 2.32. The number of carbonyl (C=O) groups is 2. The van der Waals surface area contributed by atoms with Crippen LogP contribution in [0.25, 0.3) is 0 Å². The van der Waals surface area contributed by atoms with E-state index in [1.165, 1.54) is 0 Å². The summed E-state index contributed by atoms with van der Waals surface area (Å²) < 4.78 is 25.6. The van der Waals surface area contributed by atoms with Crippen molar-refractivity contribution >= 4 is 21.5 Å². The molecule has 2 N–H and O–H groups in total. The van der Waals surface area contributed by atoms with Gasteiger partial charge >= 0.3 is 0 Å². The number of quaternary nitrogens is 1. The Morgan fingerprint density at radius 2 is 1.96 bits per heavy atom. The van der Waals surface area contributed by atoms with E-state index in [4.69, 9.17) is 0 Å². The SMILES string of the molecule is CCNC(=O)C[NH+](CC)CC(=O)c1cc(C)n([C@@H]2CCS(=O)(=O)C2)c1C. The van der Waals surface area contributed by atoms with Crippen LogP contribution in [0.4, 0.5) is 0 Å². The second-order valence-corrected chi connectivity index (χ2v) is 9.27. The number of carbonyl (C=O) groups excluding carboxylic acids is 2. The molecule has 0 aromatic carbocycles. The first-order chi connectivity index (χ1) is 12.2. The molecule has 2 heterocycles. The fourth-order valence-electron chi connectivity index (χ4n) is 3.72. The van der Waals surface area contributed by atoms with Crippen molar-refractivity contribution in [3.63, 3.8) is 0 Å².